The molecule has 0 amide bonds. The summed E-state index contributed by atoms with van der Waals surface area (Å²) >= 11 is 1.88. The second kappa shape index (κ2) is 6.34. The van der Waals surface area contributed by atoms with Crippen LogP contribution in [0.3, 0.4) is 0 Å². The first-order valence-electron chi connectivity index (χ1n) is 7.97. The van der Waals surface area contributed by atoms with Gasteiger partial charge in [-0.25, -0.2) is 4.98 Å². The Morgan fingerprint density at radius 1 is 1.09 bits per heavy atom. The van der Waals surface area contributed by atoms with Crippen molar-refractivity contribution >= 4 is 11.8 Å². The van der Waals surface area contributed by atoms with Gasteiger partial charge in [-0.05, 0) is 30.7 Å². The third kappa shape index (κ3) is 2.99. The van der Waals surface area contributed by atoms with Crippen molar-refractivity contribution in [3.8, 4) is 11.4 Å². The summed E-state index contributed by atoms with van der Waals surface area (Å²) in [6.45, 7) is 0. The number of thioether (sulfide) groups is 1. The molecule has 3 heterocycles. The lowest BCUT2D eigenvalue weighted by atomic mass is 9.88. The summed E-state index contributed by atoms with van der Waals surface area (Å²) in [4.78, 5) is 12.4. The predicted octanol–water partition coefficient (Wildman–Crippen LogP) is 3.81. The molecule has 0 bridgehead atoms. The fourth-order valence-corrected chi connectivity index (χ4v) is 4.09. The average Bonchev–Trinajstić information content (AvgIpc) is 3.09. The van der Waals surface area contributed by atoms with Crippen LogP contribution in [0.5, 0.6) is 0 Å². The van der Waals surface area contributed by atoms with Crippen molar-refractivity contribution < 1.29 is 0 Å². The molecule has 3 unspecified atom stereocenters. The zero-order valence-corrected chi connectivity index (χ0v) is 13.9. The number of nitrogens with zero attached hydrogens (tertiary/aromatic N) is 2. The van der Waals surface area contributed by atoms with Gasteiger partial charge in [0.15, 0.2) is 0 Å². The summed E-state index contributed by atoms with van der Waals surface area (Å²) in [5, 5.41) is 4.21. The van der Waals surface area contributed by atoms with E-state index >= 15 is 0 Å². The highest BCUT2D eigenvalue weighted by Gasteiger charge is 2.31. The van der Waals surface area contributed by atoms with Gasteiger partial charge in [0.25, 0.3) is 0 Å². The SMILES string of the molecule is CSC1CC(c2ncc3nccc-3[nH]2)CC(c2ccccc2)N1. The van der Waals surface area contributed by atoms with Gasteiger partial charge in [-0.3, -0.25) is 10.3 Å². The highest BCUT2D eigenvalue weighted by atomic mass is 32.2. The molecule has 1 saturated heterocycles. The Morgan fingerprint density at radius 2 is 1.96 bits per heavy atom. The van der Waals surface area contributed by atoms with Crippen LogP contribution in [0.2, 0.25) is 0 Å². The van der Waals surface area contributed by atoms with Crippen LogP contribution >= 0.6 is 11.8 Å². The molecule has 1 aromatic rings. The number of piperidine rings is 1. The van der Waals surface area contributed by atoms with Crippen LogP contribution in [0.4, 0.5) is 0 Å². The summed E-state index contributed by atoms with van der Waals surface area (Å²) in [6, 6.07) is 13.1. The molecule has 0 radical (unpaired) electrons. The predicted molar refractivity (Wildman–Crippen MR) is 94.6 cm³/mol. The standard InChI is InChI=1S/C18H20N4S/c1-23-17-10-13(9-15(21-17)12-5-3-2-4-6-12)18-20-11-16-14(22-18)7-8-19-16/h2-8,11,13,15,17,21H,9-10H2,1H3,(H,20,22). The molecule has 3 atom stereocenters. The van der Waals surface area contributed by atoms with Crippen molar-refractivity contribution in [2.75, 3.05) is 6.26 Å². The van der Waals surface area contributed by atoms with Crippen LogP contribution in [0, 0.1) is 0 Å². The molecule has 3 aliphatic heterocycles. The average molecular weight is 324 g/mol. The summed E-state index contributed by atoms with van der Waals surface area (Å²) in [6.07, 6.45) is 8.03. The van der Waals surface area contributed by atoms with Crippen LogP contribution in [-0.4, -0.2) is 26.6 Å². The lowest BCUT2D eigenvalue weighted by Crippen LogP contribution is -2.38. The van der Waals surface area contributed by atoms with Gasteiger partial charge < -0.3 is 4.98 Å². The summed E-state index contributed by atoms with van der Waals surface area (Å²) in [7, 11) is 0. The molecular formula is C18H20N4S. The van der Waals surface area contributed by atoms with Crippen molar-refractivity contribution in [2.45, 2.75) is 30.2 Å². The Kier molecular flexibility index (Phi) is 4.06. The number of aromatic amines is 1. The molecule has 0 aromatic heterocycles. The fourth-order valence-electron chi connectivity index (χ4n) is 3.37. The van der Waals surface area contributed by atoms with Crippen molar-refractivity contribution in [2.24, 2.45) is 0 Å². The highest BCUT2D eigenvalue weighted by molar-refractivity contribution is 7.99. The molecule has 4 nitrogen and oxygen atoms in total. The molecule has 1 aromatic carbocycles. The smallest absolute Gasteiger partial charge is 0.109 e. The lowest BCUT2D eigenvalue weighted by molar-refractivity contribution is 0.342. The minimum atomic E-state index is 0.371. The maximum atomic E-state index is 4.64. The first-order valence-corrected chi connectivity index (χ1v) is 9.25. The molecule has 0 spiro atoms. The number of H-pyrrole nitrogens is 1. The third-order valence-corrected chi connectivity index (χ3v) is 5.50. The van der Waals surface area contributed by atoms with E-state index in [0.717, 1.165) is 30.1 Å². The van der Waals surface area contributed by atoms with E-state index in [-0.39, 0.29) is 0 Å². The van der Waals surface area contributed by atoms with Crippen molar-refractivity contribution in [1.82, 2.24) is 20.3 Å². The summed E-state index contributed by atoms with van der Waals surface area (Å²) in [5.74, 6) is 1.50. The van der Waals surface area contributed by atoms with E-state index < -0.39 is 0 Å². The Balaban J connectivity index is 1.63. The largest absolute Gasteiger partial charge is 0.342 e. The number of rotatable bonds is 3. The Labute approximate surface area is 140 Å². The van der Waals surface area contributed by atoms with E-state index in [9.17, 15) is 0 Å². The lowest BCUT2D eigenvalue weighted by Gasteiger charge is -2.35. The second-order valence-corrected chi connectivity index (χ2v) is 7.08. The van der Waals surface area contributed by atoms with Crippen LogP contribution in [0.15, 0.2) is 48.8 Å². The maximum absolute atomic E-state index is 4.64. The second-order valence-electron chi connectivity index (χ2n) is 6.03. The number of nitrogens with one attached hydrogen (secondary N) is 2. The Bertz CT molecular complexity index is 742. The van der Waals surface area contributed by atoms with E-state index in [0.29, 0.717) is 17.3 Å². The fraction of sp³-hybridized carbons (Fsp3) is 0.333. The topological polar surface area (TPSA) is 53.6 Å². The maximum Gasteiger partial charge on any atom is 0.109 e. The van der Waals surface area contributed by atoms with Gasteiger partial charge >= 0.3 is 0 Å². The van der Waals surface area contributed by atoms with Crippen LogP contribution < -0.4 is 5.32 Å². The normalized spacial score (nSPS) is 24.8. The van der Waals surface area contributed by atoms with Crippen molar-refractivity contribution in [1.29, 1.82) is 0 Å². The molecule has 0 saturated carbocycles. The van der Waals surface area contributed by atoms with Crippen molar-refractivity contribution in [3.63, 3.8) is 0 Å². The molecule has 5 heteroatoms. The Morgan fingerprint density at radius 3 is 2.78 bits per heavy atom. The highest BCUT2D eigenvalue weighted by Crippen LogP contribution is 2.38. The molecule has 3 aliphatic rings. The van der Waals surface area contributed by atoms with Gasteiger partial charge in [-0.1, -0.05) is 30.3 Å². The van der Waals surface area contributed by atoms with Crippen LogP contribution in [-0.2, 0) is 0 Å². The van der Waals surface area contributed by atoms with Gasteiger partial charge in [0.2, 0.25) is 0 Å². The molecule has 0 aliphatic carbocycles. The molecule has 118 valence electrons. The molecule has 4 rings (SSSR count). The minimum absolute atomic E-state index is 0.371. The van der Waals surface area contributed by atoms with E-state index in [4.69, 9.17) is 0 Å². The minimum Gasteiger partial charge on any atom is -0.342 e. The van der Waals surface area contributed by atoms with E-state index in [1.54, 1.807) is 0 Å². The van der Waals surface area contributed by atoms with Gasteiger partial charge in [-0.2, -0.15) is 0 Å². The monoisotopic (exact) mass is 324 g/mol. The zero-order chi connectivity index (χ0) is 15.6. The van der Waals surface area contributed by atoms with Gasteiger partial charge in [-0.15, -0.1) is 11.8 Å². The van der Waals surface area contributed by atoms with Gasteiger partial charge in [0.1, 0.15) is 11.5 Å². The van der Waals surface area contributed by atoms with Crippen LogP contribution in [0.25, 0.3) is 11.4 Å². The van der Waals surface area contributed by atoms with Gasteiger partial charge in [0, 0.05) is 18.2 Å². The molecule has 1 fully saturated rings. The number of aromatic nitrogens is 3. The number of fused-ring (bicyclic) bond motifs is 1. The number of benzene rings is 1. The van der Waals surface area contributed by atoms with E-state index in [1.165, 1.54) is 5.56 Å². The zero-order valence-electron chi connectivity index (χ0n) is 13.1. The van der Waals surface area contributed by atoms with E-state index in [2.05, 4.69) is 56.9 Å². The van der Waals surface area contributed by atoms with Gasteiger partial charge in [0.05, 0.1) is 17.3 Å². The summed E-state index contributed by atoms with van der Waals surface area (Å²) in [5.41, 5.74) is 3.36. The van der Waals surface area contributed by atoms with E-state index in [1.807, 2.05) is 30.2 Å². The third-order valence-electron chi connectivity index (χ3n) is 4.60. The number of hydrogen-bond acceptors (Lipinski definition) is 4. The summed E-state index contributed by atoms with van der Waals surface area (Å²) < 4.78 is 0. The first kappa shape index (κ1) is 14.7. The first-order chi connectivity index (χ1) is 11.3. The number of hydrogen-bond donors (Lipinski definition) is 2. The quantitative estimate of drug-likeness (QED) is 0.769. The van der Waals surface area contributed by atoms with Crippen LogP contribution in [0.1, 0.15) is 36.2 Å². The molecule has 2 N–H and O–H groups in total. The molecular weight excluding hydrogens is 304 g/mol. The Hall–Kier alpha value is -1.85. The molecule has 23 heavy (non-hydrogen) atoms. The van der Waals surface area contributed by atoms with Crippen molar-refractivity contribution in [3.05, 3.63) is 60.2 Å².